The summed E-state index contributed by atoms with van der Waals surface area (Å²) in [6.45, 7) is 3.52. The molecule has 2 N–H and O–H groups in total. The van der Waals surface area contributed by atoms with Gasteiger partial charge in [0.2, 0.25) is 5.91 Å². The SMILES string of the molecule is CCN(Cc1ccc(N)cc1)C(=O)C1CCCC1. The zero-order valence-corrected chi connectivity index (χ0v) is 11.1. The van der Waals surface area contributed by atoms with E-state index in [-0.39, 0.29) is 5.92 Å². The highest BCUT2D eigenvalue weighted by Crippen LogP contribution is 2.27. The Labute approximate surface area is 109 Å². The molecule has 1 saturated carbocycles. The summed E-state index contributed by atoms with van der Waals surface area (Å²) in [5.41, 5.74) is 7.59. The van der Waals surface area contributed by atoms with E-state index >= 15 is 0 Å². The predicted octanol–water partition coefficient (Wildman–Crippen LogP) is 2.81. The monoisotopic (exact) mass is 246 g/mol. The Bertz CT molecular complexity index is 393. The third-order valence-corrected chi connectivity index (χ3v) is 3.75. The van der Waals surface area contributed by atoms with Gasteiger partial charge in [-0.05, 0) is 37.5 Å². The number of anilines is 1. The number of hydrogen-bond donors (Lipinski definition) is 1. The molecule has 3 nitrogen and oxygen atoms in total. The number of nitrogens with zero attached hydrogens (tertiary/aromatic N) is 1. The molecule has 1 aromatic carbocycles. The van der Waals surface area contributed by atoms with Crippen LogP contribution >= 0.6 is 0 Å². The Hall–Kier alpha value is -1.51. The molecule has 0 aromatic heterocycles. The van der Waals surface area contributed by atoms with E-state index in [4.69, 9.17) is 5.73 Å². The molecule has 0 saturated heterocycles. The van der Waals surface area contributed by atoms with Gasteiger partial charge in [-0.1, -0.05) is 25.0 Å². The van der Waals surface area contributed by atoms with Crippen LogP contribution in [0.3, 0.4) is 0 Å². The van der Waals surface area contributed by atoms with Crippen LogP contribution in [0.4, 0.5) is 5.69 Å². The minimum atomic E-state index is 0.263. The summed E-state index contributed by atoms with van der Waals surface area (Å²) in [6, 6.07) is 7.78. The van der Waals surface area contributed by atoms with Gasteiger partial charge in [0.05, 0.1) is 0 Å². The molecule has 1 aliphatic rings. The van der Waals surface area contributed by atoms with Crippen molar-refractivity contribution in [3.63, 3.8) is 0 Å². The first-order valence-corrected chi connectivity index (χ1v) is 6.84. The fraction of sp³-hybridized carbons (Fsp3) is 0.533. The second-order valence-corrected chi connectivity index (χ2v) is 5.08. The van der Waals surface area contributed by atoms with Gasteiger partial charge in [0, 0.05) is 24.7 Å². The van der Waals surface area contributed by atoms with Gasteiger partial charge in [-0.3, -0.25) is 4.79 Å². The molecule has 1 aromatic rings. The number of carbonyl (C=O) groups excluding carboxylic acids is 1. The second kappa shape index (κ2) is 5.89. The van der Waals surface area contributed by atoms with Gasteiger partial charge in [0.25, 0.3) is 0 Å². The van der Waals surface area contributed by atoms with E-state index in [1.807, 2.05) is 36.1 Å². The third kappa shape index (κ3) is 3.03. The molecule has 3 heteroatoms. The standard InChI is InChI=1S/C15H22N2O/c1-2-17(15(18)13-5-3-4-6-13)11-12-7-9-14(16)10-8-12/h7-10,13H,2-6,11,16H2,1H3. The van der Waals surface area contributed by atoms with E-state index in [1.54, 1.807) is 0 Å². The molecular weight excluding hydrogens is 224 g/mol. The maximum absolute atomic E-state index is 12.3. The van der Waals surface area contributed by atoms with Crippen molar-refractivity contribution in [3.8, 4) is 0 Å². The molecule has 18 heavy (non-hydrogen) atoms. The van der Waals surface area contributed by atoms with Crippen molar-refractivity contribution in [1.82, 2.24) is 4.90 Å². The Kier molecular flexibility index (Phi) is 4.24. The molecule has 0 radical (unpaired) electrons. The number of benzene rings is 1. The van der Waals surface area contributed by atoms with Gasteiger partial charge in [-0.15, -0.1) is 0 Å². The van der Waals surface area contributed by atoms with Gasteiger partial charge in [-0.25, -0.2) is 0 Å². The number of nitrogens with two attached hydrogens (primary N) is 1. The van der Waals surface area contributed by atoms with Crippen LogP contribution in [0.2, 0.25) is 0 Å². The Balaban J connectivity index is 2.00. The lowest BCUT2D eigenvalue weighted by Gasteiger charge is -2.24. The Morgan fingerprint density at radius 1 is 1.28 bits per heavy atom. The zero-order valence-electron chi connectivity index (χ0n) is 11.1. The number of carbonyl (C=O) groups is 1. The molecule has 2 rings (SSSR count). The molecular formula is C15H22N2O. The molecule has 1 fully saturated rings. The van der Waals surface area contributed by atoms with E-state index < -0.39 is 0 Å². The highest BCUT2D eigenvalue weighted by molar-refractivity contribution is 5.79. The first kappa shape index (κ1) is 12.9. The van der Waals surface area contributed by atoms with Crippen LogP contribution in [0.5, 0.6) is 0 Å². The van der Waals surface area contributed by atoms with Crippen molar-refractivity contribution < 1.29 is 4.79 Å². The van der Waals surface area contributed by atoms with E-state index in [9.17, 15) is 4.79 Å². The van der Waals surface area contributed by atoms with E-state index in [0.717, 1.165) is 30.6 Å². The minimum Gasteiger partial charge on any atom is -0.399 e. The van der Waals surface area contributed by atoms with Gasteiger partial charge in [0.1, 0.15) is 0 Å². The quantitative estimate of drug-likeness (QED) is 0.830. The van der Waals surface area contributed by atoms with Crippen molar-refractivity contribution in [2.24, 2.45) is 5.92 Å². The summed E-state index contributed by atoms with van der Waals surface area (Å²) < 4.78 is 0. The summed E-state index contributed by atoms with van der Waals surface area (Å²) >= 11 is 0. The molecule has 0 spiro atoms. The number of rotatable bonds is 4. The number of nitrogen functional groups attached to an aromatic ring is 1. The van der Waals surface area contributed by atoms with Crippen LogP contribution in [0.1, 0.15) is 38.2 Å². The molecule has 0 bridgehead atoms. The van der Waals surface area contributed by atoms with Crippen LogP contribution in [-0.2, 0) is 11.3 Å². The van der Waals surface area contributed by atoms with Crippen LogP contribution in [0, 0.1) is 5.92 Å². The first-order valence-electron chi connectivity index (χ1n) is 6.84. The average molecular weight is 246 g/mol. The molecule has 0 heterocycles. The van der Waals surface area contributed by atoms with Gasteiger partial charge < -0.3 is 10.6 Å². The van der Waals surface area contributed by atoms with Crippen LogP contribution in [-0.4, -0.2) is 17.4 Å². The van der Waals surface area contributed by atoms with Crippen molar-refractivity contribution >= 4 is 11.6 Å². The van der Waals surface area contributed by atoms with Crippen LogP contribution in [0.25, 0.3) is 0 Å². The Morgan fingerprint density at radius 3 is 2.44 bits per heavy atom. The minimum absolute atomic E-state index is 0.263. The van der Waals surface area contributed by atoms with Crippen LogP contribution in [0.15, 0.2) is 24.3 Å². The molecule has 98 valence electrons. The van der Waals surface area contributed by atoms with Crippen molar-refractivity contribution in [2.45, 2.75) is 39.2 Å². The number of hydrogen-bond acceptors (Lipinski definition) is 2. The summed E-state index contributed by atoms with van der Waals surface area (Å²) in [5.74, 6) is 0.588. The lowest BCUT2D eigenvalue weighted by molar-refractivity contribution is -0.135. The van der Waals surface area contributed by atoms with Gasteiger partial charge >= 0.3 is 0 Å². The molecule has 0 atom stereocenters. The highest BCUT2D eigenvalue weighted by atomic mass is 16.2. The lowest BCUT2D eigenvalue weighted by atomic mass is 10.1. The van der Waals surface area contributed by atoms with E-state index in [0.29, 0.717) is 12.5 Å². The van der Waals surface area contributed by atoms with Crippen molar-refractivity contribution in [1.29, 1.82) is 0 Å². The van der Waals surface area contributed by atoms with Crippen molar-refractivity contribution in [3.05, 3.63) is 29.8 Å². The largest absolute Gasteiger partial charge is 0.399 e. The molecule has 1 amide bonds. The lowest BCUT2D eigenvalue weighted by Crippen LogP contribution is -2.34. The summed E-state index contributed by atoms with van der Waals surface area (Å²) in [5, 5.41) is 0. The predicted molar refractivity (Wildman–Crippen MR) is 73.9 cm³/mol. The molecule has 0 aliphatic heterocycles. The second-order valence-electron chi connectivity index (χ2n) is 5.08. The summed E-state index contributed by atoms with van der Waals surface area (Å²) in [4.78, 5) is 14.3. The van der Waals surface area contributed by atoms with Crippen molar-refractivity contribution in [2.75, 3.05) is 12.3 Å². The summed E-state index contributed by atoms with van der Waals surface area (Å²) in [6.07, 6.45) is 4.54. The Morgan fingerprint density at radius 2 is 1.89 bits per heavy atom. The number of amides is 1. The van der Waals surface area contributed by atoms with Crippen LogP contribution < -0.4 is 5.73 Å². The molecule has 1 aliphatic carbocycles. The average Bonchev–Trinajstić information content (AvgIpc) is 2.91. The highest BCUT2D eigenvalue weighted by Gasteiger charge is 2.26. The first-order chi connectivity index (χ1) is 8.70. The van der Waals surface area contributed by atoms with Gasteiger partial charge in [-0.2, -0.15) is 0 Å². The topological polar surface area (TPSA) is 46.3 Å². The summed E-state index contributed by atoms with van der Waals surface area (Å²) in [7, 11) is 0. The maximum atomic E-state index is 12.3. The fourth-order valence-electron chi connectivity index (χ4n) is 2.62. The fourth-order valence-corrected chi connectivity index (χ4v) is 2.62. The van der Waals surface area contributed by atoms with Gasteiger partial charge in [0.15, 0.2) is 0 Å². The normalized spacial score (nSPS) is 15.8. The van der Waals surface area contributed by atoms with E-state index in [1.165, 1.54) is 12.8 Å². The maximum Gasteiger partial charge on any atom is 0.225 e. The van der Waals surface area contributed by atoms with E-state index in [2.05, 4.69) is 0 Å². The smallest absolute Gasteiger partial charge is 0.225 e. The zero-order chi connectivity index (χ0) is 13.0. The third-order valence-electron chi connectivity index (χ3n) is 3.75. The molecule has 0 unspecified atom stereocenters.